The molecule has 0 rings (SSSR count). The molecule has 0 spiro atoms. The van der Waals surface area contributed by atoms with Gasteiger partial charge >= 0.3 is 39.5 Å². The number of aliphatic hydroxyl groups excluding tert-OH is 1. The molecule has 0 saturated carbocycles. The van der Waals surface area contributed by atoms with Crippen LogP contribution in [0.3, 0.4) is 0 Å². The molecule has 0 aliphatic carbocycles. The van der Waals surface area contributed by atoms with Crippen molar-refractivity contribution < 1.29 is 80.2 Å². The zero-order chi connectivity index (χ0) is 63.9. The van der Waals surface area contributed by atoms with Crippen LogP contribution in [0.25, 0.3) is 0 Å². The Morgan fingerprint density at radius 2 is 0.558 bits per heavy atom. The summed E-state index contributed by atoms with van der Waals surface area (Å²) < 4.78 is 68.1. The van der Waals surface area contributed by atoms with Crippen LogP contribution < -0.4 is 0 Å². The zero-order valence-electron chi connectivity index (χ0n) is 55.9. The van der Waals surface area contributed by atoms with Crippen molar-refractivity contribution in [3.63, 3.8) is 0 Å². The van der Waals surface area contributed by atoms with Crippen molar-refractivity contribution in [2.45, 2.75) is 343 Å². The maximum atomic E-state index is 13.0. The van der Waals surface area contributed by atoms with Crippen LogP contribution in [0.5, 0.6) is 0 Å². The van der Waals surface area contributed by atoms with Crippen LogP contribution in [0.15, 0.2) is 0 Å². The van der Waals surface area contributed by atoms with Gasteiger partial charge in [0.15, 0.2) is 12.2 Å². The lowest BCUT2D eigenvalue weighted by Crippen LogP contribution is -2.30. The molecule has 0 saturated heterocycles. The zero-order valence-corrected chi connectivity index (χ0v) is 57.7. The molecular weight excluding hydrogens is 1140 g/mol. The SMILES string of the molecule is CCC(C)CCCCCCCCCCC(=O)O[C@H](COC(=O)CCCCCCCCCC(C)C)COP(=O)(O)OCC(O)COP(=O)(O)OC[C@@H](COC(=O)CCCCCCCCCCCCCC(C)C)OC(=O)CCCCCCCCC(C)CC. The minimum Gasteiger partial charge on any atom is -0.462 e. The van der Waals surface area contributed by atoms with E-state index in [0.29, 0.717) is 31.6 Å². The molecule has 510 valence electrons. The number of hydrogen-bond acceptors (Lipinski definition) is 15. The summed E-state index contributed by atoms with van der Waals surface area (Å²) in [4.78, 5) is 72.4. The van der Waals surface area contributed by atoms with Crippen LogP contribution in [-0.4, -0.2) is 96.7 Å². The molecule has 0 aromatic carbocycles. The molecule has 0 aromatic heterocycles. The normalized spacial score (nSPS) is 15.0. The van der Waals surface area contributed by atoms with Crippen LogP contribution in [0.1, 0.15) is 325 Å². The first kappa shape index (κ1) is 84.1. The number of carbonyl (C=O) groups excluding carboxylic acids is 4. The van der Waals surface area contributed by atoms with Gasteiger partial charge in [-0.15, -0.1) is 0 Å². The quantitative estimate of drug-likeness (QED) is 0.0222. The van der Waals surface area contributed by atoms with E-state index in [0.717, 1.165) is 114 Å². The van der Waals surface area contributed by atoms with E-state index in [1.54, 1.807) is 0 Å². The summed E-state index contributed by atoms with van der Waals surface area (Å²) in [7, 11) is -9.90. The second kappa shape index (κ2) is 57.0. The van der Waals surface area contributed by atoms with Gasteiger partial charge in [-0.25, -0.2) is 9.13 Å². The summed E-state index contributed by atoms with van der Waals surface area (Å²) >= 11 is 0. The van der Waals surface area contributed by atoms with Gasteiger partial charge in [-0.05, 0) is 49.4 Å². The Kier molecular flexibility index (Phi) is 55.7. The summed E-state index contributed by atoms with van der Waals surface area (Å²) in [5.41, 5.74) is 0. The second-order valence-corrected chi connectivity index (χ2v) is 28.6. The van der Waals surface area contributed by atoms with Gasteiger partial charge in [0.2, 0.25) is 0 Å². The third-order valence-electron chi connectivity index (χ3n) is 16.0. The summed E-state index contributed by atoms with van der Waals surface area (Å²) in [6, 6.07) is 0. The molecule has 5 unspecified atom stereocenters. The van der Waals surface area contributed by atoms with Crippen LogP contribution in [0.4, 0.5) is 0 Å². The third-order valence-corrected chi connectivity index (χ3v) is 17.9. The number of ether oxygens (including phenoxy) is 4. The largest absolute Gasteiger partial charge is 0.472 e. The van der Waals surface area contributed by atoms with Gasteiger partial charge in [0.25, 0.3) is 0 Å². The molecule has 0 aliphatic heterocycles. The van der Waals surface area contributed by atoms with E-state index in [1.165, 1.54) is 122 Å². The van der Waals surface area contributed by atoms with Gasteiger partial charge in [-0.3, -0.25) is 37.3 Å². The number of aliphatic hydroxyl groups is 1. The topological polar surface area (TPSA) is 237 Å². The van der Waals surface area contributed by atoms with Crippen molar-refractivity contribution in [3.05, 3.63) is 0 Å². The van der Waals surface area contributed by atoms with Gasteiger partial charge in [0.1, 0.15) is 19.3 Å². The van der Waals surface area contributed by atoms with Crippen LogP contribution in [-0.2, 0) is 65.4 Å². The van der Waals surface area contributed by atoms with Gasteiger partial charge in [0, 0.05) is 25.7 Å². The van der Waals surface area contributed by atoms with E-state index in [4.69, 9.17) is 37.0 Å². The number of unbranched alkanes of at least 4 members (excludes halogenated alkanes) is 28. The number of phosphoric acid groups is 2. The summed E-state index contributed by atoms with van der Waals surface area (Å²) in [5.74, 6) is 0.828. The molecule has 0 heterocycles. The molecule has 0 radical (unpaired) electrons. The minimum absolute atomic E-state index is 0.102. The number of hydrogen-bond donors (Lipinski definition) is 3. The van der Waals surface area contributed by atoms with E-state index < -0.39 is 97.5 Å². The lowest BCUT2D eigenvalue weighted by molar-refractivity contribution is -0.161. The summed E-state index contributed by atoms with van der Waals surface area (Å²) in [5, 5.41) is 10.6. The lowest BCUT2D eigenvalue weighted by Gasteiger charge is -2.21. The van der Waals surface area contributed by atoms with Crippen molar-refractivity contribution in [3.8, 4) is 0 Å². The van der Waals surface area contributed by atoms with Crippen molar-refractivity contribution in [1.82, 2.24) is 0 Å². The summed E-state index contributed by atoms with van der Waals surface area (Å²) in [6.45, 7) is 14.0. The Morgan fingerprint density at radius 1 is 0.326 bits per heavy atom. The fourth-order valence-electron chi connectivity index (χ4n) is 9.89. The average Bonchev–Trinajstić information content (AvgIpc) is 3.68. The molecule has 7 atom stereocenters. The molecule has 17 nitrogen and oxygen atoms in total. The van der Waals surface area contributed by atoms with E-state index in [2.05, 4.69) is 55.4 Å². The number of phosphoric ester groups is 2. The van der Waals surface area contributed by atoms with Crippen molar-refractivity contribution >= 4 is 39.5 Å². The smallest absolute Gasteiger partial charge is 0.462 e. The predicted molar refractivity (Wildman–Crippen MR) is 344 cm³/mol. The van der Waals surface area contributed by atoms with E-state index in [9.17, 15) is 43.2 Å². The van der Waals surface area contributed by atoms with Crippen molar-refractivity contribution in [2.24, 2.45) is 23.7 Å². The molecule has 0 aromatic rings. The van der Waals surface area contributed by atoms with Crippen LogP contribution in [0, 0.1) is 23.7 Å². The molecule has 3 N–H and O–H groups in total. The molecule has 0 fully saturated rings. The Bertz CT molecular complexity index is 1720. The highest BCUT2D eigenvalue weighted by atomic mass is 31.2. The molecule has 0 amide bonds. The highest BCUT2D eigenvalue weighted by molar-refractivity contribution is 7.47. The maximum absolute atomic E-state index is 13.0. The highest BCUT2D eigenvalue weighted by Gasteiger charge is 2.30. The predicted octanol–water partition coefficient (Wildman–Crippen LogP) is 18.5. The summed E-state index contributed by atoms with van der Waals surface area (Å²) in [6.07, 6.45) is 37.6. The van der Waals surface area contributed by atoms with E-state index in [-0.39, 0.29) is 25.7 Å². The average molecular weight is 1270 g/mol. The van der Waals surface area contributed by atoms with Gasteiger partial charge in [0.05, 0.1) is 26.4 Å². The number of carbonyl (C=O) groups is 4. The van der Waals surface area contributed by atoms with Gasteiger partial charge in [-0.2, -0.15) is 0 Å². The molecule has 0 bridgehead atoms. The monoisotopic (exact) mass is 1270 g/mol. The van der Waals surface area contributed by atoms with Crippen LogP contribution in [0.2, 0.25) is 0 Å². The Morgan fingerprint density at radius 3 is 0.826 bits per heavy atom. The van der Waals surface area contributed by atoms with Crippen LogP contribution >= 0.6 is 15.6 Å². The first-order chi connectivity index (χ1) is 41.2. The molecule has 0 aliphatic rings. The molecule has 19 heteroatoms. The molecule has 86 heavy (non-hydrogen) atoms. The number of rotatable bonds is 64. The highest BCUT2D eigenvalue weighted by Crippen LogP contribution is 2.45. The molecular formula is C67H130O17P2. The Balaban J connectivity index is 5.25. The fourth-order valence-corrected chi connectivity index (χ4v) is 11.5. The minimum atomic E-state index is -4.95. The first-order valence-corrected chi connectivity index (χ1v) is 37.8. The fraction of sp³-hybridized carbons (Fsp3) is 0.940. The first-order valence-electron chi connectivity index (χ1n) is 34.8. The Labute approximate surface area is 524 Å². The van der Waals surface area contributed by atoms with Crippen molar-refractivity contribution in [2.75, 3.05) is 39.6 Å². The van der Waals surface area contributed by atoms with Gasteiger partial charge in [-0.1, -0.05) is 274 Å². The lowest BCUT2D eigenvalue weighted by atomic mass is 9.99. The standard InChI is InChI=1S/C67H130O17P2/c1-9-59(7)45-37-29-21-16-17-23-33-41-49-66(71)83-62(53-78-65(70)48-40-32-24-18-20-28-36-44-58(5)6)55-81-85(73,74)79-51-61(68)52-80-86(75,76)82-56-63(84-67(72)50-42-34-26-25-30-38-46-60(8)10-2)54-77-64(69)47-39-31-22-15-13-11-12-14-19-27-35-43-57(3)4/h57-63,68H,9-56H2,1-8H3,(H,73,74)(H,75,76)/t59?,60?,61?,62-,63-/m1/s1. The van der Waals surface area contributed by atoms with E-state index in [1.807, 2.05) is 0 Å². The van der Waals surface area contributed by atoms with E-state index >= 15 is 0 Å². The third kappa shape index (κ3) is 58.4. The van der Waals surface area contributed by atoms with Crippen molar-refractivity contribution in [1.29, 1.82) is 0 Å². The van der Waals surface area contributed by atoms with Gasteiger partial charge < -0.3 is 33.8 Å². The Hall–Kier alpha value is -1.94. The maximum Gasteiger partial charge on any atom is 0.472 e. The second-order valence-electron chi connectivity index (χ2n) is 25.6. The number of esters is 4.